The fourth-order valence-electron chi connectivity index (χ4n) is 7.64. The van der Waals surface area contributed by atoms with E-state index < -0.39 is 47.7 Å². The van der Waals surface area contributed by atoms with E-state index in [1.807, 2.05) is 44.2 Å². The number of rotatable bonds is 19. The quantitative estimate of drug-likeness (QED) is 0.0915. The zero-order valence-electron chi connectivity index (χ0n) is 28.5. The van der Waals surface area contributed by atoms with Crippen LogP contribution in [0.2, 0.25) is 0 Å². The van der Waals surface area contributed by atoms with E-state index in [2.05, 4.69) is 41.3 Å². The summed E-state index contributed by atoms with van der Waals surface area (Å²) in [6.07, 6.45) is 6.17. The van der Waals surface area contributed by atoms with E-state index in [1.54, 1.807) is 17.1 Å². The number of halogens is 1. The van der Waals surface area contributed by atoms with Gasteiger partial charge in [-0.3, -0.25) is 19.2 Å². The number of alkyl halides is 1. The smallest absolute Gasteiger partial charge is 0.313 e. The van der Waals surface area contributed by atoms with Crippen molar-refractivity contribution in [1.82, 2.24) is 15.1 Å². The van der Waals surface area contributed by atoms with Gasteiger partial charge in [-0.25, -0.2) is 0 Å². The molecule has 3 aliphatic rings. The van der Waals surface area contributed by atoms with Crippen molar-refractivity contribution in [2.75, 3.05) is 26.2 Å². The number of carbonyl (C=O) groups is 4. The molecule has 1 unspecified atom stereocenters. The minimum Gasteiger partial charge on any atom is -0.455 e. The zero-order valence-corrected chi connectivity index (χ0v) is 30.1. The van der Waals surface area contributed by atoms with E-state index in [0.29, 0.717) is 37.9 Å². The summed E-state index contributed by atoms with van der Waals surface area (Å²) in [6, 6.07) is 7.49. The molecule has 3 fully saturated rings. The molecule has 3 saturated heterocycles. The standard InChI is InChI=1S/C37H52BrN3O7/c1-6-9-14-19-40(18-8-3)35(45)33-37-21-27(38)32(48-37)30(31(37)34(44)41(33)26(23-42)20-24(4)5)36(46)47-28(25-15-12-11-13-16-25)22-39-29(43)17-10-7-2/h7-8,11-13,15-16,24,26-28,30-33,42H,2-3,6,9-10,14,17-23H2,1,4-5H3,(H,39,43)/t26-,27?,28+,30+,31-,32+,33+,37-/m1/s1. The molecule has 1 aromatic carbocycles. The van der Waals surface area contributed by atoms with Crippen molar-refractivity contribution in [3.8, 4) is 0 Å². The lowest BCUT2D eigenvalue weighted by Gasteiger charge is -2.39. The lowest BCUT2D eigenvalue weighted by Crippen LogP contribution is -2.59. The first-order valence-corrected chi connectivity index (χ1v) is 18.2. The van der Waals surface area contributed by atoms with Crippen molar-refractivity contribution in [3.05, 3.63) is 61.2 Å². The Bertz CT molecular complexity index is 1310. The number of carbonyl (C=O) groups excluding carboxylic acids is 4. The van der Waals surface area contributed by atoms with E-state index >= 15 is 0 Å². The minimum absolute atomic E-state index is 0.0496. The van der Waals surface area contributed by atoms with Gasteiger partial charge in [-0.2, -0.15) is 0 Å². The second-order valence-electron chi connectivity index (χ2n) is 13.6. The number of allylic oxidation sites excluding steroid dienone is 1. The number of esters is 1. The van der Waals surface area contributed by atoms with Crippen LogP contribution in [0.4, 0.5) is 0 Å². The van der Waals surface area contributed by atoms with Crippen LogP contribution in [-0.2, 0) is 28.7 Å². The predicted molar refractivity (Wildman–Crippen MR) is 187 cm³/mol. The van der Waals surface area contributed by atoms with Gasteiger partial charge in [-0.15, -0.1) is 13.2 Å². The maximum atomic E-state index is 14.7. The lowest BCUT2D eigenvalue weighted by molar-refractivity contribution is -0.161. The van der Waals surface area contributed by atoms with Crippen molar-refractivity contribution >= 4 is 39.6 Å². The fraction of sp³-hybridized carbons (Fsp3) is 0.622. The monoisotopic (exact) mass is 729 g/mol. The van der Waals surface area contributed by atoms with Gasteiger partial charge in [-0.1, -0.05) is 92.0 Å². The zero-order chi connectivity index (χ0) is 35.0. The lowest BCUT2D eigenvalue weighted by atomic mass is 9.70. The molecule has 11 heteroatoms. The average molecular weight is 731 g/mol. The Morgan fingerprint density at radius 1 is 1.21 bits per heavy atom. The van der Waals surface area contributed by atoms with E-state index in [9.17, 15) is 24.3 Å². The highest BCUT2D eigenvalue weighted by atomic mass is 79.9. The van der Waals surface area contributed by atoms with E-state index in [4.69, 9.17) is 9.47 Å². The molecule has 2 N–H and O–H groups in total. The topological polar surface area (TPSA) is 125 Å². The summed E-state index contributed by atoms with van der Waals surface area (Å²) in [6.45, 7) is 14.2. The van der Waals surface area contributed by atoms with Crippen LogP contribution in [0.5, 0.6) is 0 Å². The van der Waals surface area contributed by atoms with Crippen LogP contribution in [0.1, 0.15) is 77.4 Å². The Morgan fingerprint density at radius 3 is 2.56 bits per heavy atom. The van der Waals surface area contributed by atoms with E-state index in [1.165, 1.54) is 4.90 Å². The van der Waals surface area contributed by atoms with Crippen LogP contribution in [0.3, 0.4) is 0 Å². The van der Waals surface area contributed by atoms with Crippen molar-refractivity contribution in [2.45, 2.75) is 100 Å². The fourth-order valence-corrected chi connectivity index (χ4v) is 8.59. The number of fused-ring (bicyclic) bond motifs is 1. The van der Waals surface area contributed by atoms with Gasteiger partial charge in [0.15, 0.2) is 0 Å². The van der Waals surface area contributed by atoms with Gasteiger partial charge in [0.2, 0.25) is 17.7 Å². The van der Waals surface area contributed by atoms with Crippen LogP contribution in [0.15, 0.2) is 55.6 Å². The molecule has 1 aromatic rings. The van der Waals surface area contributed by atoms with Gasteiger partial charge < -0.3 is 29.7 Å². The summed E-state index contributed by atoms with van der Waals surface area (Å²) in [5, 5.41) is 13.5. The highest BCUT2D eigenvalue weighted by Crippen LogP contribution is 2.61. The Labute approximate surface area is 293 Å². The van der Waals surface area contributed by atoms with E-state index in [0.717, 1.165) is 19.3 Å². The van der Waals surface area contributed by atoms with Gasteiger partial charge in [0.05, 0.1) is 37.1 Å². The maximum Gasteiger partial charge on any atom is 0.313 e. The van der Waals surface area contributed by atoms with Gasteiger partial charge in [0.1, 0.15) is 17.7 Å². The van der Waals surface area contributed by atoms with Crippen LogP contribution in [0, 0.1) is 17.8 Å². The van der Waals surface area contributed by atoms with Crippen LogP contribution in [-0.4, -0.2) is 93.5 Å². The Morgan fingerprint density at radius 2 is 1.94 bits per heavy atom. The first-order chi connectivity index (χ1) is 23.0. The third-order valence-corrected chi connectivity index (χ3v) is 10.6. The molecule has 2 bridgehead atoms. The van der Waals surface area contributed by atoms with Crippen LogP contribution >= 0.6 is 15.9 Å². The predicted octanol–water partition coefficient (Wildman–Crippen LogP) is 4.71. The highest BCUT2D eigenvalue weighted by molar-refractivity contribution is 9.09. The number of nitrogens with one attached hydrogen (secondary N) is 1. The van der Waals surface area contributed by atoms with Crippen molar-refractivity contribution in [3.63, 3.8) is 0 Å². The minimum atomic E-state index is -1.29. The first-order valence-electron chi connectivity index (χ1n) is 17.3. The molecular formula is C37H52BrN3O7. The van der Waals surface area contributed by atoms with Crippen molar-refractivity contribution in [2.24, 2.45) is 17.8 Å². The summed E-state index contributed by atoms with van der Waals surface area (Å²) >= 11 is 3.73. The number of nitrogens with zero attached hydrogens (tertiary/aromatic N) is 2. The molecule has 48 heavy (non-hydrogen) atoms. The second-order valence-corrected chi connectivity index (χ2v) is 14.8. The van der Waals surface area contributed by atoms with Crippen molar-refractivity contribution < 1.29 is 33.8 Å². The Hall–Kier alpha value is -3.02. The van der Waals surface area contributed by atoms with Crippen LogP contribution in [0.25, 0.3) is 0 Å². The Balaban J connectivity index is 1.70. The molecular weight excluding hydrogens is 678 g/mol. The molecule has 264 valence electrons. The van der Waals surface area contributed by atoms with Gasteiger partial charge in [0.25, 0.3) is 0 Å². The van der Waals surface area contributed by atoms with Gasteiger partial charge in [-0.05, 0) is 37.2 Å². The number of aliphatic hydroxyl groups excluding tert-OH is 1. The SMILES string of the molecule is C=CCCC(=O)NC[C@H](OC(=O)[C@@H]1[C@H]2O[C@@]3(CC2Br)[C@H](C(=O)N(CC=C)CCCCC)N([C@@H](CO)CC(C)C)C(=O)[C@@H]13)c1ccccc1. The average Bonchev–Trinajstić information content (AvgIpc) is 3.67. The molecule has 3 amide bonds. The number of hydrogen-bond acceptors (Lipinski definition) is 7. The largest absolute Gasteiger partial charge is 0.455 e. The second kappa shape index (κ2) is 17.1. The molecule has 8 atom stereocenters. The number of aliphatic hydroxyl groups is 1. The summed E-state index contributed by atoms with van der Waals surface area (Å²) in [4.78, 5) is 59.0. The van der Waals surface area contributed by atoms with Gasteiger partial charge in [0, 0.05) is 24.3 Å². The number of amides is 3. The molecule has 0 saturated carbocycles. The third kappa shape index (κ3) is 7.89. The van der Waals surface area contributed by atoms with Crippen molar-refractivity contribution in [1.29, 1.82) is 0 Å². The summed E-state index contributed by atoms with van der Waals surface area (Å²) in [7, 11) is 0. The highest BCUT2D eigenvalue weighted by Gasteiger charge is 2.77. The normalized spacial score (nSPS) is 27.0. The maximum absolute atomic E-state index is 14.7. The summed E-state index contributed by atoms with van der Waals surface area (Å²) in [5.41, 5.74) is -0.590. The number of hydrogen-bond donors (Lipinski definition) is 2. The molecule has 4 rings (SSSR count). The molecule has 1 spiro atoms. The molecule has 0 aromatic heterocycles. The molecule has 3 heterocycles. The first kappa shape index (κ1) is 37.8. The van der Waals surface area contributed by atoms with Crippen LogP contribution < -0.4 is 5.32 Å². The molecule has 10 nitrogen and oxygen atoms in total. The van der Waals surface area contributed by atoms with E-state index in [-0.39, 0.29) is 48.0 Å². The van der Waals surface area contributed by atoms with Gasteiger partial charge >= 0.3 is 5.97 Å². The Kier molecular flexibility index (Phi) is 13.4. The number of ether oxygens (including phenoxy) is 2. The number of benzene rings is 1. The summed E-state index contributed by atoms with van der Waals surface area (Å²) in [5.74, 6) is -3.29. The molecule has 0 aliphatic carbocycles. The number of unbranched alkanes of at least 4 members (excludes halogenated alkanes) is 2. The molecule has 3 aliphatic heterocycles. The number of likely N-dealkylation sites (tertiary alicyclic amines) is 1. The molecule has 0 radical (unpaired) electrons. The summed E-state index contributed by atoms with van der Waals surface area (Å²) < 4.78 is 12.9. The third-order valence-electron chi connectivity index (χ3n) is 9.76.